The van der Waals surface area contributed by atoms with E-state index in [2.05, 4.69) is 20.8 Å². The first kappa shape index (κ1) is 16.0. The van der Waals surface area contributed by atoms with E-state index in [0.29, 0.717) is 6.10 Å². The summed E-state index contributed by atoms with van der Waals surface area (Å²) in [5, 5.41) is 0. The van der Waals surface area contributed by atoms with Gasteiger partial charge in [-0.1, -0.05) is 53.9 Å². The van der Waals surface area contributed by atoms with Crippen LogP contribution in [-0.2, 0) is 4.74 Å². The van der Waals surface area contributed by atoms with Gasteiger partial charge in [0.1, 0.15) is 0 Å². The molecule has 108 valence electrons. The van der Waals surface area contributed by atoms with Crippen molar-refractivity contribution in [3.63, 3.8) is 0 Å². The van der Waals surface area contributed by atoms with Crippen molar-refractivity contribution in [1.29, 1.82) is 0 Å². The van der Waals surface area contributed by atoms with Gasteiger partial charge < -0.3 is 4.74 Å². The standard InChI is InChI=1S/C15H28O.C2H6/c1-4-7-13-11-9-14(12(13)6-3)15(10-11)16-8-5-2;1-2/h11-15H,4-10H2,1-3H3;1-2H3. The minimum absolute atomic E-state index is 0.614. The highest BCUT2D eigenvalue weighted by atomic mass is 16.5. The van der Waals surface area contributed by atoms with E-state index in [1.807, 2.05) is 13.8 Å². The van der Waals surface area contributed by atoms with Crippen LogP contribution in [-0.4, -0.2) is 12.7 Å². The molecule has 2 saturated carbocycles. The third-order valence-electron chi connectivity index (χ3n) is 4.92. The van der Waals surface area contributed by atoms with Crippen LogP contribution in [0.1, 0.15) is 73.1 Å². The maximum Gasteiger partial charge on any atom is 0.0608 e. The van der Waals surface area contributed by atoms with E-state index in [0.717, 1.165) is 30.3 Å². The van der Waals surface area contributed by atoms with Gasteiger partial charge >= 0.3 is 0 Å². The summed E-state index contributed by atoms with van der Waals surface area (Å²) in [7, 11) is 0. The average Bonchev–Trinajstić information content (AvgIpc) is 2.96. The maximum atomic E-state index is 6.04. The van der Waals surface area contributed by atoms with Gasteiger partial charge in [0.15, 0.2) is 0 Å². The Labute approximate surface area is 115 Å². The Morgan fingerprint density at radius 1 is 0.944 bits per heavy atom. The van der Waals surface area contributed by atoms with Gasteiger partial charge in [-0.2, -0.15) is 0 Å². The highest BCUT2D eigenvalue weighted by molar-refractivity contribution is 5.00. The molecule has 0 amide bonds. The van der Waals surface area contributed by atoms with Crippen molar-refractivity contribution in [1.82, 2.24) is 0 Å². The molecule has 5 unspecified atom stereocenters. The molecule has 0 N–H and O–H groups in total. The molecule has 18 heavy (non-hydrogen) atoms. The lowest BCUT2D eigenvalue weighted by Gasteiger charge is -2.35. The second-order valence-electron chi connectivity index (χ2n) is 5.83. The minimum Gasteiger partial charge on any atom is -0.378 e. The van der Waals surface area contributed by atoms with Gasteiger partial charge in [-0.25, -0.2) is 0 Å². The summed E-state index contributed by atoms with van der Waals surface area (Å²) in [6, 6.07) is 0. The third-order valence-corrected chi connectivity index (χ3v) is 4.92. The number of rotatable bonds is 6. The topological polar surface area (TPSA) is 9.23 Å². The van der Waals surface area contributed by atoms with Crippen molar-refractivity contribution in [2.75, 3.05) is 6.61 Å². The fourth-order valence-electron chi connectivity index (χ4n) is 4.39. The lowest BCUT2D eigenvalue weighted by Crippen LogP contribution is -2.33. The van der Waals surface area contributed by atoms with Crippen LogP contribution in [0.2, 0.25) is 0 Å². The first-order chi connectivity index (χ1) is 8.81. The smallest absolute Gasteiger partial charge is 0.0608 e. The highest BCUT2D eigenvalue weighted by Crippen LogP contribution is 2.55. The molecule has 0 saturated heterocycles. The van der Waals surface area contributed by atoms with Gasteiger partial charge in [-0.15, -0.1) is 0 Å². The first-order valence-corrected chi connectivity index (χ1v) is 8.43. The van der Waals surface area contributed by atoms with Gasteiger partial charge in [0, 0.05) is 6.61 Å². The van der Waals surface area contributed by atoms with E-state index in [4.69, 9.17) is 4.74 Å². The number of ether oxygens (including phenoxy) is 1. The largest absolute Gasteiger partial charge is 0.378 e. The van der Waals surface area contributed by atoms with E-state index >= 15 is 0 Å². The van der Waals surface area contributed by atoms with Crippen LogP contribution in [0.4, 0.5) is 0 Å². The zero-order valence-corrected chi connectivity index (χ0v) is 13.2. The third kappa shape index (κ3) is 3.29. The van der Waals surface area contributed by atoms with E-state index in [1.54, 1.807) is 0 Å². The van der Waals surface area contributed by atoms with Crippen molar-refractivity contribution >= 4 is 0 Å². The monoisotopic (exact) mass is 254 g/mol. The fraction of sp³-hybridized carbons (Fsp3) is 1.00. The van der Waals surface area contributed by atoms with Gasteiger partial charge in [0.2, 0.25) is 0 Å². The molecule has 2 fully saturated rings. The molecule has 0 aromatic rings. The lowest BCUT2D eigenvalue weighted by atomic mass is 9.74. The van der Waals surface area contributed by atoms with Gasteiger partial charge in [0.25, 0.3) is 0 Å². The Morgan fingerprint density at radius 3 is 2.22 bits per heavy atom. The van der Waals surface area contributed by atoms with Crippen LogP contribution in [0.3, 0.4) is 0 Å². The molecule has 0 aromatic carbocycles. The SMILES string of the molecule is CC.CCCOC1CC2CC1C(CC)C2CCC. The quantitative estimate of drug-likeness (QED) is 0.626. The van der Waals surface area contributed by atoms with Crippen LogP contribution >= 0.6 is 0 Å². The summed E-state index contributed by atoms with van der Waals surface area (Å²) in [6.07, 6.45) is 8.82. The summed E-state index contributed by atoms with van der Waals surface area (Å²) >= 11 is 0. The normalized spacial score (nSPS) is 37.5. The van der Waals surface area contributed by atoms with Gasteiger partial charge in [-0.05, 0) is 42.9 Å². The molecular formula is C17H34O. The van der Waals surface area contributed by atoms with Crippen LogP contribution in [0, 0.1) is 23.7 Å². The minimum atomic E-state index is 0.614. The van der Waals surface area contributed by atoms with Crippen LogP contribution in [0.5, 0.6) is 0 Å². The maximum absolute atomic E-state index is 6.04. The Hall–Kier alpha value is -0.0400. The molecule has 2 aliphatic rings. The first-order valence-electron chi connectivity index (χ1n) is 8.43. The van der Waals surface area contributed by atoms with Gasteiger partial charge in [-0.3, -0.25) is 0 Å². The van der Waals surface area contributed by atoms with E-state index in [-0.39, 0.29) is 0 Å². The fourth-order valence-corrected chi connectivity index (χ4v) is 4.39. The lowest BCUT2D eigenvalue weighted by molar-refractivity contribution is -0.0179. The van der Waals surface area contributed by atoms with E-state index < -0.39 is 0 Å². The summed E-state index contributed by atoms with van der Waals surface area (Å²) in [6.45, 7) is 11.9. The Balaban J connectivity index is 0.000000771. The molecule has 0 radical (unpaired) electrons. The predicted molar refractivity (Wildman–Crippen MR) is 79.8 cm³/mol. The van der Waals surface area contributed by atoms with Crippen molar-refractivity contribution in [3.8, 4) is 0 Å². The van der Waals surface area contributed by atoms with Crippen molar-refractivity contribution in [2.45, 2.75) is 79.2 Å². The zero-order valence-electron chi connectivity index (χ0n) is 13.2. The van der Waals surface area contributed by atoms with E-state index in [1.165, 1.54) is 38.5 Å². The molecule has 1 nitrogen and oxygen atoms in total. The molecule has 2 rings (SSSR count). The summed E-state index contributed by atoms with van der Waals surface area (Å²) in [4.78, 5) is 0. The highest BCUT2D eigenvalue weighted by Gasteiger charge is 2.51. The molecule has 0 aliphatic heterocycles. The Morgan fingerprint density at radius 2 is 1.67 bits per heavy atom. The molecule has 1 heteroatoms. The molecule has 0 heterocycles. The summed E-state index contributed by atoms with van der Waals surface area (Å²) in [5.74, 6) is 3.90. The number of hydrogen-bond acceptors (Lipinski definition) is 1. The van der Waals surface area contributed by atoms with Crippen LogP contribution in [0.15, 0.2) is 0 Å². The Bertz CT molecular complexity index is 214. The molecular weight excluding hydrogens is 220 g/mol. The van der Waals surface area contributed by atoms with E-state index in [9.17, 15) is 0 Å². The molecule has 0 aromatic heterocycles. The predicted octanol–water partition coefficient (Wildman–Crippen LogP) is 5.29. The molecule has 5 atom stereocenters. The van der Waals surface area contributed by atoms with Crippen molar-refractivity contribution in [2.24, 2.45) is 23.7 Å². The zero-order chi connectivity index (χ0) is 13.5. The second-order valence-corrected chi connectivity index (χ2v) is 5.83. The average molecular weight is 254 g/mol. The van der Waals surface area contributed by atoms with Gasteiger partial charge in [0.05, 0.1) is 6.10 Å². The Kier molecular flexibility index (Phi) is 7.29. The molecule has 0 spiro atoms. The van der Waals surface area contributed by atoms with Crippen LogP contribution in [0.25, 0.3) is 0 Å². The van der Waals surface area contributed by atoms with Crippen molar-refractivity contribution < 1.29 is 4.74 Å². The number of hydrogen-bond donors (Lipinski definition) is 0. The molecule has 2 bridgehead atoms. The summed E-state index contributed by atoms with van der Waals surface area (Å²) < 4.78 is 6.04. The molecule has 2 aliphatic carbocycles. The second kappa shape index (κ2) is 8.19. The van der Waals surface area contributed by atoms with Crippen LogP contribution < -0.4 is 0 Å². The summed E-state index contributed by atoms with van der Waals surface area (Å²) in [5.41, 5.74) is 0. The van der Waals surface area contributed by atoms with Crippen molar-refractivity contribution in [3.05, 3.63) is 0 Å². The number of fused-ring (bicyclic) bond motifs is 2.